The van der Waals surface area contributed by atoms with Gasteiger partial charge < -0.3 is 15.4 Å². The highest BCUT2D eigenvalue weighted by atomic mass is 32.1. The Bertz CT molecular complexity index is 1110. The molecule has 174 valence electrons. The number of fused-ring (bicyclic) bond motifs is 3. The molecule has 0 aliphatic heterocycles. The summed E-state index contributed by atoms with van der Waals surface area (Å²) in [7, 11) is 2.22. The monoisotopic (exact) mass is 465 g/mol. The van der Waals surface area contributed by atoms with Crippen molar-refractivity contribution in [2.45, 2.75) is 69.4 Å². The molecule has 2 N–H and O–H groups in total. The maximum absolute atomic E-state index is 11.6. The Morgan fingerprint density at radius 3 is 2.79 bits per heavy atom. The minimum atomic E-state index is -0.253. The van der Waals surface area contributed by atoms with E-state index in [1.807, 2.05) is 18.3 Å². The van der Waals surface area contributed by atoms with E-state index in [1.165, 1.54) is 10.4 Å². The van der Waals surface area contributed by atoms with Crippen molar-refractivity contribution in [2.75, 3.05) is 13.6 Å². The largest absolute Gasteiger partial charge is 0.474 e. The fourth-order valence-corrected chi connectivity index (χ4v) is 6.59. The van der Waals surface area contributed by atoms with Crippen LogP contribution in [0.25, 0.3) is 10.2 Å². The topological polar surface area (TPSA) is 94.2 Å². The Balaban J connectivity index is 1.22. The molecular formula is C25H31N5O2S. The van der Waals surface area contributed by atoms with Gasteiger partial charge in [0.1, 0.15) is 17.3 Å². The number of rotatable bonds is 8. The summed E-state index contributed by atoms with van der Waals surface area (Å²) in [6, 6.07) is 6.68. The van der Waals surface area contributed by atoms with E-state index in [9.17, 15) is 4.79 Å². The van der Waals surface area contributed by atoms with E-state index in [0.717, 1.165) is 67.4 Å². The number of carbonyl (C=O) groups is 1. The van der Waals surface area contributed by atoms with Crippen molar-refractivity contribution < 1.29 is 9.53 Å². The van der Waals surface area contributed by atoms with Crippen LogP contribution in [0.2, 0.25) is 0 Å². The fourth-order valence-electron chi connectivity index (χ4n) is 5.36. The first-order valence-electron chi connectivity index (χ1n) is 11.9. The standard InChI is InChI=1S/C25H31N5O2S/c1-30(13-11-17-4-2-3-12-27-17)18-6-8-19(9-7-18)32-24-23-22-16(14-21(26)31)5-10-20(22)33-25(23)29-15-28-24/h2-4,12,15-16,18-19H,5-11,13-14H2,1H3,(H2,26,31)/t16-,18?,19?/m1/s1. The molecule has 8 heteroatoms. The average molecular weight is 466 g/mol. The van der Waals surface area contributed by atoms with Crippen LogP contribution in [-0.2, 0) is 17.6 Å². The number of nitrogens with two attached hydrogens (primary N) is 1. The lowest BCUT2D eigenvalue weighted by atomic mass is 9.92. The van der Waals surface area contributed by atoms with Crippen molar-refractivity contribution >= 4 is 27.5 Å². The summed E-state index contributed by atoms with van der Waals surface area (Å²) in [6.07, 6.45) is 11.2. The normalized spacial score (nSPS) is 22.5. The molecule has 3 heterocycles. The molecule has 0 aromatic carbocycles. The van der Waals surface area contributed by atoms with Crippen LogP contribution in [-0.4, -0.2) is 51.5 Å². The third-order valence-corrected chi connectivity index (χ3v) is 8.31. The van der Waals surface area contributed by atoms with Crippen LogP contribution in [0.15, 0.2) is 30.7 Å². The lowest BCUT2D eigenvalue weighted by Gasteiger charge is -2.34. The minimum absolute atomic E-state index is 0.156. The molecule has 2 aliphatic rings. The Morgan fingerprint density at radius 2 is 2.03 bits per heavy atom. The van der Waals surface area contributed by atoms with Crippen LogP contribution in [0.5, 0.6) is 5.88 Å². The SMILES string of the molecule is CN(CCc1ccccn1)C1CCC(Oc2ncnc3sc4c(c23)[C@@H](CC(N)=O)CC4)CC1. The minimum Gasteiger partial charge on any atom is -0.474 e. The molecule has 3 aromatic heterocycles. The molecule has 33 heavy (non-hydrogen) atoms. The van der Waals surface area contributed by atoms with Gasteiger partial charge in [-0.3, -0.25) is 9.78 Å². The molecule has 5 rings (SSSR count). The van der Waals surface area contributed by atoms with Crippen molar-refractivity contribution in [1.29, 1.82) is 0 Å². The maximum atomic E-state index is 11.6. The second-order valence-electron chi connectivity index (χ2n) is 9.30. The van der Waals surface area contributed by atoms with Crippen molar-refractivity contribution in [3.05, 3.63) is 46.9 Å². The molecule has 0 bridgehead atoms. The highest BCUT2D eigenvalue weighted by Crippen LogP contribution is 2.47. The van der Waals surface area contributed by atoms with Gasteiger partial charge in [0.2, 0.25) is 11.8 Å². The number of ether oxygens (including phenoxy) is 1. The number of pyridine rings is 1. The molecule has 1 saturated carbocycles. The Morgan fingerprint density at radius 1 is 1.18 bits per heavy atom. The van der Waals surface area contributed by atoms with Crippen LogP contribution >= 0.6 is 11.3 Å². The number of likely N-dealkylation sites (N-methyl/N-ethyl adjacent to an activating group) is 1. The van der Waals surface area contributed by atoms with Crippen LogP contribution in [0.3, 0.4) is 0 Å². The van der Waals surface area contributed by atoms with E-state index < -0.39 is 0 Å². The van der Waals surface area contributed by atoms with Crippen molar-refractivity contribution in [3.8, 4) is 5.88 Å². The number of hydrogen-bond donors (Lipinski definition) is 1. The number of nitrogens with zero attached hydrogens (tertiary/aromatic N) is 4. The highest BCUT2D eigenvalue weighted by molar-refractivity contribution is 7.19. The highest BCUT2D eigenvalue weighted by Gasteiger charge is 2.32. The van der Waals surface area contributed by atoms with Gasteiger partial charge in [-0.15, -0.1) is 11.3 Å². The molecule has 0 unspecified atom stereocenters. The number of primary amides is 1. The zero-order valence-electron chi connectivity index (χ0n) is 19.1. The summed E-state index contributed by atoms with van der Waals surface area (Å²) in [5.41, 5.74) is 7.86. The van der Waals surface area contributed by atoms with Crippen molar-refractivity contribution in [3.63, 3.8) is 0 Å². The van der Waals surface area contributed by atoms with E-state index in [1.54, 1.807) is 17.7 Å². The van der Waals surface area contributed by atoms with Gasteiger partial charge in [-0.25, -0.2) is 9.97 Å². The number of aryl methyl sites for hydroxylation is 1. The zero-order chi connectivity index (χ0) is 22.8. The molecule has 1 amide bonds. The van der Waals surface area contributed by atoms with Gasteiger partial charge in [0.15, 0.2) is 0 Å². The summed E-state index contributed by atoms with van der Waals surface area (Å²) in [5, 5.41) is 1.01. The van der Waals surface area contributed by atoms with Gasteiger partial charge in [0.25, 0.3) is 0 Å². The second-order valence-corrected chi connectivity index (χ2v) is 10.4. The first kappa shape index (κ1) is 22.2. The van der Waals surface area contributed by atoms with Crippen molar-refractivity contribution in [2.24, 2.45) is 5.73 Å². The first-order chi connectivity index (χ1) is 16.1. The fraction of sp³-hybridized carbons (Fsp3) is 0.520. The van der Waals surface area contributed by atoms with Gasteiger partial charge in [-0.1, -0.05) is 6.07 Å². The molecular weight excluding hydrogens is 434 g/mol. The first-order valence-corrected chi connectivity index (χ1v) is 12.7. The predicted molar refractivity (Wildman–Crippen MR) is 130 cm³/mol. The third-order valence-electron chi connectivity index (χ3n) is 7.14. The number of thiophene rings is 1. The third kappa shape index (κ3) is 4.87. The lowest BCUT2D eigenvalue weighted by Crippen LogP contribution is -2.38. The van der Waals surface area contributed by atoms with Crippen LogP contribution in [0.1, 0.15) is 60.6 Å². The number of hydrogen-bond acceptors (Lipinski definition) is 7. The molecule has 2 aliphatic carbocycles. The Kier molecular flexibility index (Phi) is 6.55. The quantitative estimate of drug-likeness (QED) is 0.543. The van der Waals surface area contributed by atoms with Gasteiger partial charge in [-0.05, 0) is 69.2 Å². The number of aromatic nitrogens is 3. The van der Waals surface area contributed by atoms with Gasteiger partial charge in [0.05, 0.1) is 5.39 Å². The van der Waals surface area contributed by atoms with E-state index in [4.69, 9.17) is 10.5 Å². The maximum Gasteiger partial charge on any atom is 0.225 e. The predicted octanol–water partition coefficient (Wildman–Crippen LogP) is 3.86. The molecule has 7 nitrogen and oxygen atoms in total. The number of carbonyl (C=O) groups excluding carboxylic acids is 1. The zero-order valence-corrected chi connectivity index (χ0v) is 19.9. The van der Waals surface area contributed by atoms with Crippen molar-refractivity contribution in [1.82, 2.24) is 19.9 Å². The average Bonchev–Trinajstić information content (AvgIpc) is 3.38. The van der Waals surface area contributed by atoms with E-state index in [2.05, 4.69) is 33.0 Å². The van der Waals surface area contributed by atoms with E-state index in [-0.39, 0.29) is 17.9 Å². The van der Waals surface area contributed by atoms with E-state index >= 15 is 0 Å². The lowest BCUT2D eigenvalue weighted by molar-refractivity contribution is -0.118. The molecule has 3 aromatic rings. The van der Waals surface area contributed by atoms with Crippen LogP contribution in [0.4, 0.5) is 0 Å². The summed E-state index contributed by atoms with van der Waals surface area (Å²) in [5.74, 6) is 0.584. The smallest absolute Gasteiger partial charge is 0.225 e. The van der Waals surface area contributed by atoms with Crippen LogP contribution in [0, 0.1) is 0 Å². The summed E-state index contributed by atoms with van der Waals surface area (Å²) in [4.78, 5) is 29.8. The molecule has 0 radical (unpaired) electrons. The Labute approximate surface area is 198 Å². The van der Waals surface area contributed by atoms with Gasteiger partial charge in [0, 0.05) is 42.2 Å². The van der Waals surface area contributed by atoms with Crippen LogP contribution < -0.4 is 10.5 Å². The number of amides is 1. The summed E-state index contributed by atoms with van der Waals surface area (Å²) >= 11 is 1.71. The summed E-state index contributed by atoms with van der Waals surface area (Å²) in [6.45, 7) is 1.02. The van der Waals surface area contributed by atoms with Gasteiger partial charge >= 0.3 is 0 Å². The molecule has 1 fully saturated rings. The molecule has 1 atom stereocenters. The Hall–Kier alpha value is -2.58. The van der Waals surface area contributed by atoms with E-state index in [0.29, 0.717) is 18.3 Å². The molecule has 0 saturated heterocycles. The molecule has 0 spiro atoms. The second kappa shape index (κ2) is 9.73. The van der Waals surface area contributed by atoms with Gasteiger partial charge in [-0.2, -0.15) is 0 Å². The summed E-state index contributed by atoms with van der Waals surface area (Å²) < 4.78 is 6.47.